The smallest absolute Gasteiger partial charge is 0.266 e. The Morgan fingerprint density at radius 1 is 0.938 bits per heavy atom. The molecule has 0 bridgehead atoms. The lowest BCUT2D eigenvalue weighted by molar-refractivity contribution is -0.112. The number of phenolic OH excluding ortho intramolecular Hbond substituents is 1. The highest BCUT2D eigenvalue weighted by Gasteiger charge is 2.26. The summed E-state index contributed by atoms with van der Waals surface area (Å²) in [5, 5.41) is 25.4. The highest BCUT2D eigenvalue weighted by atomic mass is 16.3. The zero-order valence-corrected chi connectivity index (χ0v) is 19.6. The fourth-order valence-corrected chi connectivity index (χ4v) is 3.72. The van der Waals surface area contributed by atoms with Crippen LogP contribution in [0.15, 0.2) is 60.2 Å². The molecule has 0 spiro atoms. The average molecular weight is 427 g/mol. The number of hydrogen-bond donors (Lipinski definition) is 2. The van der Waals surface area contributed by atoms with Gasteiger partial charge in [0.2, 0.25) is 0 Å². The van der Waals surface area contributed by atoms with Crippen LogP contribution >= 0.6 is 0 Å². The zero-order valence-electron chi connectivity index (χ0n) is 19.6. The van der Waals surface area contributed by atoms with E-state index in [1.165, 1.54) is 0 Å². The molecule has 0 atom stereocenters. The van der Waals surface area contributed by atoms with Crippen LogP contribution in [0, 0.1) is 11.3 Å². The number of carbonyl (C=O) groups excluding carboxylic acids is 1. The van der Waals surface area contributed by atoms with Gasteiger partial charge in [0.05, 0.1) is 0 Å². The van der Waals surface area contributed by atoms with Crippen molar-refractivity contribution in [1.82, 2.24) is 0 Å². The summed E-state index contributed by atoms with van der Waals surface area (Å²) in [6, 6.07) is 19.2. The topological polar surface area (TPSA) is 73.1 Å². The predicted molar refractivity (Wildman–Crippen MR) is 132 cm³/mol. The van der Waals surface area contributed by atoms with E-state index >= 15 is 0 Å². The molecule has 32 heavy (non-hydrogen) atoms. The van der Waals surface area contributed by atoms with Crippen LogP contribution in [0.3, 0.4) is 0 Å². The first kappa shape index (κ1) is 23.1. The number of benzene rings is 3. The van der Waals surface area contributed by atoms with Crippen molar-refractivity contribution in [2.75, 3.05) is 5.32 Å². The molecule has 0 radical (unpaired) electrons. The Labute approximate surface area is 190 Å². The van der Waals surface area contributed by atoms with Gasteiger partial charge < -0.3 is 10.4 Å². The Kier molecular flexibility index (Phi) is 6.14. The van der Waals surface area contributed by atoms with Gasteiger partial charge in [0.15, 0.2) is 0 Å². The Morgan fingerprint density at radius 2 is 1.50 bits per heavy atom. The number of rotatable bonds is 3. The highest BCUT2D eigenvalue weighted by Crippen LogP contribution is 2.40. The molecule has 3 rings (SSSR count). The molecular formula is C28H30N2O2. The number of anilines is 1. The van der Waals surface area contributed by atoms with Crippen molar-refractivity contribution < 1.29 is 9.90 Å². The molecule has 1 amide bonds. The summed E-state index contributed by atoms with van der Waals surface area (Å²) in [7, 11) is 0. The summed E-state index contributed by atoms with van der Waals surface area (Å²) in [5.41, 5.74) is 2.33. The van der Waals surface area contributed by atoms with Gasteiger partial charge in [-0.2, -0.15) is 5.26 Å². The minimum Gasteiger partial charge on any atom is -0.507 e. The summed E-state index contributed by atoms with van der Waals surface area (Å²) in [4.78, 5) is 13.0. The fourth-order valence-electron chi connectivity index (χ4n) is 3.72. The molecular weight excluding hydrogens is 396 g/mol. The molecule has 4 heteroatoms. The molecule has 0 saturated carbocycles. The molecule has 2 N–H and O–H groups in total. The van der Waals surface area contributed by atoms with Crippen LogP contribution in [-0.4, -0.2) is 11.0 Å². The number of amides is 1. The molecule has 4 nitrogen and oxygen atoms in total. The summed E-state index contributed by atoms with van der Waals surface area (Å²) < 4.78 is 0. The molecule has 3 aromatic carbocycles. The first-order chi connectivity index (χ1) is 14.9. The highest BCUT2D eigenvalue weighted by molar-refractivity contribution is 6.12. The van der Waals surface area contributed by atoms with Gasteiger partial charge in [0.1, 0.15) is 17.4 Å². The number of hydrogen-bond acceptors (Lipinski definition) is 3. The van der Waals surface area contributed by atoms with E-state index in [0.29, 0.717) is 11.3 Å². The van der Waals surface area contributed by atoms with Gasteiger partial charge in [-0.3, -0.25) is 4.79 Å². The van der Waals surface area contributed by atoms with Gasteiger partial charge in [-0.15, -0.1) is 0 Å². The number of aromatic hydroxyl groups is 1. The van der Waals surface area contributed by atoms with Gasteiger partial charge >= 0.3 is 0 Å². The Balaban J connectivity index is 2.05. The van der Waals surface area contributed by atoms with E-state index < -0.39 is 5.91 Å². The second-order valence-electron chi connectivity index (χ2n) is 10.1. The summed E-state index contributed by atoms with van der Waals surface area (Å²) >= 11 is 0. The molecule has 164 valence electrons. The number of nitrogens with zero attached hydrogens (tertiary/aromatic N) is 1. The third-order valence-electron chi connectivity index (χ3n) is 5.46. The predicted octanol–water partition coefficient (Wildman–Crippen LogP) is 6.69. The lowest BCUT2D eigenvalue weighted by Gasteiger charge is -2.28. The van der Waals surface area contributed by atoms with Gasteiger partial charge in [0, 0.05) is 22.2 Å². The molecule has 0 aliphatic rings. The van der Waals surface area contributed by atoms with Crippen LogP contribution in [0.1, 0.15) is 58.2 Å². The number of phenols is 1. The molecule has 0 unspecified atom stereocenters. The number of fused-ring (bicyclic) bond motifs is 1. The number of carbonyl (C=O) groups is 1. The zero-order chi connectivity index (χ0) is 23.7. The lowest BCUT2D eigenvalue weighted by Crippen LogP contribution is -2.18. The summed E-state index contributed by atoms with van der Waals surface area (Å²) in [6.45, 7) is 12.2. The molecule has 0 heterocycles. The first-order valence-corrected chi connectivity index (χ1v) is 10.7. The number of nitriles is 1. The SMILES string of the molecule is CC(C)(C)c1cc(/C=C(\C#N)C(=O)Nc2cccc3ccccc23)cc(C(C)(C)C)c1O. The summed E-state index contributed by atoms with van der Waals surface area (Å²) in [5.74, 6) is -0.201. The first-order valence-electron chi connectivity index (χ1n) is 10.7. The van der Waals surface area contributed by atoms with Crippen LogP contribution in [0.2, 0.25) is 0 Å². The van der Waals surface area contributed by atoms with E-state index in [0.717, 1.165) is 21.9 Å². The van der Waals surface area contributed by atoms with Gasteiger partial charge in [0.25, 0.3) is 5.91 Å². The Morgan fingerprint density at radius 3 is 2.06 bits per heavy atom. The molecule has 0 fully saturated rings. The van der Waals surface area contributed by atoms with Gasteiger partial charge in [-0.05, 0) is 46.1 Å². The van der Waals surface area contributed by atoms with Crippen LogP contribution in [0.5, 0.6) is 5.75 Å². The monoisotopic (exact) mass is 426 g/mol. The van der Waals surface area contributed by atoms with Crippen LogP contribution in [0.25, 0.3) is 16.8 Å². The van der Waals surface area contributed by atoms with E-state index in [4.69, 9.17) is 0 Å². The van der Waals surface area contributed by atoms with Crippen molar-refractivity contribution in [2.24, 2.45) is 0 Å². The van der Waals surface area contributed by atoms with Crippen molar-refractivity contribution in [2.45, 2.75) is 52.4 Å². The Hall–Kier alpha value is -3.58. The fraction of sp³-hybridized carbons (Fsp3) is 0.286. The normalized spacial score (nSPS) is 12.5. The minimum absolute atomic E-state index is 0.00309. The van der Waals surface area contributed by atoms with E-state index in [1.54, 1.807) is 6.08 Å². The van der Waals surface area contributed by atoms with Crippen LogP contribution < -0.4 is 5.32 Å². The van der Waals surface area contributed by atoms with E-state index in [9.17, 15) is 15.2 Å². The van der Waals surface area contributed by atoms with Crippen molar-refractivity contribution in [3.05, 3.63) is 76.9 Å². The molecule has 0 saturated heterocycles. The molecule has 0 aromatic heterocycles. The summed E-state index contributed by atoms with van der Waals surface area (Å²) in [6.07, 6.45) is 1.59. The molecule has 0 aliphatic heterocycles. The lowest BCUT2D eigenvalue weighted by atomic mass is 9.78. The third-order valence-corrected chi connectivity index (χ3v) is 5.46. The largest absolute Gasteiger partial charge is 0.507 e. The Bertz CT molecular complexity index is 1210. The maximum absolute atomic E-state index is 13.0. The van der Waals surface area contributed by atoms with Crippen molar-refractivity contribution in [3.8, 4) is 11.8 Å². The quantitative estimate of drug-likeness (QED) is 0.362. The molecule has 0 aliphatic carbocycles. The average Bonchev–Trinajstić information content (AvgIpc) is 2.71. The van der Waals surface area contributed by atoms with Gasteiger partial charge in [-0.25, -0.2) is 0 Å². The third kappa shape index (κ3) is 4.84. The number of nitrogens with one attached hydrogen (secondary N) is 1. The second-order valence-corrected chi connectivity index (χ2v) is 10.1. The maximum Gasteiger partial charge on any atom is 0.266 e. The van der Waals surface area contributed by atoms with Crippen LogP contribution in [0.4, 0.5) is 5.69 Å². The maximum atomic E-state index is 13.0. The van der Waals surface area contributed by atoms with Crippen molar-refractivity contribution >= 4 is 28.4 Å². The molecule has 3 aromatic rings. The standard InChI is InChI=1S/C28H30N2O2/c1-27(2,3)22-15-18(16-23(25(22)31)28(4,5)6)14-20(17-29)26(32)30-24-13-9-11-19-10-7-8-12-21(19)24/h7-16,31H,1-6H3,(H,30,32)/b20-14+. The van der Waals surface area contributed by atoms with Crippen LogP contribution in [-0.2, 0) is 15.6 Å². The van der Waals surface area contributed by atoms with E-state index in [-0.39, 0.29) is 22.2 Å². The minimum atomic E-state index is -0.466. The van der Waals surface area contributed by atoms with E-state index in [1.807, 2.05) is 102 Å². The van der Waals surface area contributed by atoms with Gasteiger partial charge in [-0.1, -0.05) is 77.9 Å². The van der Waals surface area contributed by atoms with Crippen molar-refractivity contribution in [3.63, 3.8) is 0 Å². The van der Waals surface area contributed by atoms with Crippen molar-refractivity contribution in [1.29, 1.82) is 5.26 Å². The second kappa shape index (κ2) is 8.51. The van der Waals surface area contributed by atoms with E-state index in [2.05, 4.69) is 5.32 Å².